The van der Waals surface area contributed by atoms with Crippen LogP contribution in [-0.4, -0.2) is 32.6 Å². The van der Waals surface area contributed by atoms with Gasteiger partial charge in [0.2, 0.25) is 0 Å². The van der Waals surface area contributed by atoms with Gasteiger partial charge in [-0.1, -0.05) is 36.4 Å². The fraction of sp³-hybridized carbons (Fsp3) is 0.188. The molecule has 0 aliphatic rings. The maximum absolute atomic E-state index is 5.66. The number of hydrogen-bond donors (Lipinski definition) is 0. The van der Waals surface area contributed by atoms with Crippen molar-refractivity contribution in [1.82, 2.24) is 20.2 Å². The summed E-state index contributed by atoms with van der Waals surface area (Å²) in [6.45, 7) is 0.668. The van der Waals surface area contributed by atoms with Crippen molar-refractivity contribution in [2.24, 2.45) is 0 Å². The first-order chi connectivity index (χ1) is 10.9. The van der Waals surface area contributed by atoms with E-state index in [0.29, 0.717) is 6.61 Å². The van der Waals surface area contributed by atoms with Crippen molar-refractivity contribution < 1.29 is 4.74 Å². The van der Waals surface area contributed by atoms with E-state index in [4.69, 9.17) is 4.74 Å². The molecule has 0 unspecified atom stereocenters. The normalized spacial score (nSPS) is 10.5. The van der Waals surface area contributed by atoms with Gasteiger partial charge < -0.3 is 4.74 Å². The number of ether oxygens (including phenoxy) is 1. The van der Waals surface area contributed by atoms with Crippen molar-refractivity contribution in [3.8, 4) is 11.4 Å². The van der Waals surface area contributed by atoms with Crippen LogP contribution in [0.15, 0.2) is 60.7 Å². The van der Waals surface area contributed by atoms with Crippen LogP contribution >= 0.6 is 11.8 Å². The molecule has 0 radical (unpaired) electrons. The van der Waals surface area contributed by atoms with E-state index in [1.165, 1.54) is 0 Å². The molecule has 0 saturated carbocycles. The van der Waals surface area contributed by atoms with Gasteiger partial charge in [0.15, 0.2) is 5.82 Å². The Morgan fingerprint density at radius 2 is 1.68 bits per heavy atom. The third kappa shape index (κ3) is 3.85. The van der Waals surface area contributed by atoms with Gasteiger partial charge in [0.25, 0.3) is 0 Å². The van der Waals surface area contributed by atoms with Gasteiger partial charge in [-0.25, -0.2) is 0 Å². The highest BCUT2D eigenvalue weighted by Crippen LogP contribution is 2.14. The second-order valence-corrected chi connectivity index (χ2v) is 5.66. The van der Waals surface area contributed by atoms with Gasteiger partial charge in [-0.3, -0.25) is 0 Å². The molecule has 3 rings (SSSR count). The monoisotopic (exact) mass is 312 g/mol. The van der Waals surface area contributed by atoms with Gasteiger partial charge >= 0.3 is 0 Å². The first kappa shape index (κ1) is 14.6. The van der Waals surface area contributed by atoms with Crippen LogP contribution in [0.3, 0.4) is 0 Å². The number of thioether (sulfide) groups is 1. The van der Waals surface area contributed by atoms with Gasteiger partial charge in [0.05, 0.1) is 18.0 Å². The highest BCUT2D eigenvalue weighted by molar-refractivity contribution is 7.98. The molecule has 0 atom stereocenters. The summed E-state index contributed by atoms with van der Waals surface area (Å²) in [5.41, 5.74) is 0.976. The van der Waals surface area contributed by atoms with E-state index in [-0.39, 0.29) is 0 Å². The zero-order valence-electron chi connectivity index (χ0n) is 12.0. The van der Waals surface area contributed by atoms with E-state index >= 15 is 0 Å². The summed E-state index contributed by atoms with van der Waals surface area (Å²) >= 11 is 1.75. The number of hydrogen-bond acceptors (Lipinski definition) is 5. The van der Waals surface area contributed by atoms with Gasteiger partial charge in [0, 0.05) is 5.75 Å². The lowest BCUT2D eigenvalue weighted by Crippen LogP contribution is -2.04. The minimum Gasteiger partial charge on any atom is -0.493 e. The number of tetrazole rings is 1. The third-order valence-corrected chi connectivity index (χ3v) is 3.92. The smallest absolute Gasteiger partial charge is 0.166 e. The molecule has 1 heterocycles. The molecule has 22 heavy (non-hydrogen) atoms. The Morgan fingerprint density at radius 1 is 0.955 bits per heavy atom. The molecule has 0 saturated heterocycles. The Kier molecular flexibility index (Phi) is 5.04. The molecule has 6 heteroatoms. The van der Waals surface area contributed by atoms with E-state index in [9.17, 15) is 0 Å². The molecule has 0 aliphatic carbocycles. The zero-order chi connectivity index (χ0) is 15.0. The van der Waals surface area contributed by atoms with Crippen LogP contribution < -0.4 is 4.74 Å². The Hall–Kier alpha value is -2.34. The molecule has 2 aromatic carbocycles. The van der Waals surface area contributed by atoms with Crippen molar-refractivity contribution >= 4 is 11.8 Å². The van der Waals surface area contributed by atoms with Gasteiger partial charge in [0.1, 0.15) is 5.75 Å². The van der Waals surface area contributed by atoms with Crippen molar-refractivity contribution in [3.63, 3.8) is 0 Å². The summed E-state index contributed by atoms with van der Waals surface area (Å²) in [7, 11) is 0. The van der Waals surface area contributed by atoms with Crippen molar-refractivity contribution in [2.45, 2.75) is 5.75 Å². The average Bonchev–Trinajstić information content (AvgIpc) is 3.05. The largest absolute Gasteiger partial charge is 0.493 e. The first-order valence-electron chi connectivity index (χ1n) is 7.02. The van der Waals surface area contributed by atoms with E-state index in [1.54, 1.807) is 16.4 Å². The van der Waals surface area contributed by atoms with Crippen LogP contribution in [0.25, 0.3) is 5.69 Å². The van der Waals surface area contributed by atoms with E-state index in [2.05, 4.69) is 15.5 Å². The van der Waals surface area contributed by atoms with Crippen LogP contribution in [-0.2, 0) is 5.75 Å². The fourth-order valence-electron chi connectivity index (χ4n) is 1.96. The summed E-state index contributed by atoms with van der Waals surface area (Å²) in [5.74, 6) is 3.38. The Balaban J connectivity index is 1.48. The van der Waals surface area contributed by atoms with Gasteiger partial charge in [-0.2, -0.15) is 16.4 Å². The van der Waals surface area contributed by atoms with Gasteiger partial charge in [-0.05, 0) is 34.7 Å². The minimum absolute atomic E-state index is 0.668. The van der Waals surface area contributed by atoms with Crippen molar-refractivity contribution in [3.05, 3.63) is 66.5 Å². The Labute approximate surface area is 133 Å². The SMILES string of the molecule is c1ccc(OCCSCc2nnnn2-c2ccccc2)cc1. The summed E-state index contributed by atoms with van der Waals surface area (Å²) in [6, 6.07) is 19.7. The highest BCUT2D eigenvalue weighted by atomic mass is 32.2. The third-order valence-electron chi connectivity index (χ3n) is 3.01. The Morgan fingerprint density at radius 3 is 2.45 bits per heavy atom. The summed E-state index contributed by atoms with van der Waals surface area (Å²) < 4.78 is 7.43. The molecule has 0 amide bonds. The lowest BCUT2D eigenvalue weighted by molar-refractivity contribution is 0.344. The molecule has 112 valence electrons. The molecule has 1 aromatic heterocycles. The number of rotatable bonds is 7. The topological polar surface area (TPSA) is 52.8 Å². The van der Waals surface area contributed by atoms with Crippen LogP contribution in [0.5, 0.6) is 5.75 Å². The first-order valence-corrected chi connectivity index (χ1v) is 8.17. The molecular weight excluding hydrogens is 296 g/mol. The second kappa shape index (κ2) is 7.61. The van der Waals surface area contributed by atoms with Crippen molar-refractivity contribution in [1.29, 1.82) is 0 Å². The maximum Gasteiger partial charge on any atom is 0.166 e. The second-order valence-electron chi connectivity index (χ2n) is 4.56. The number of nitrogens with zero attached hydrogens (tertiary/aromatic N) is 4. The molecular formula is C16H16N4OS. The molecule has 3 aromatic rings. The average molecular weight is 312 g/mol. The zero-order valence-corrected chi connectivity index (χ0v) is 12.8. The lowest BCUT2D eigenvalue weighted by atomic mass is 10.3. The number of benzene rings is 2. The van der Waals surface area contributed by atoms with E-state index in [0.717, 1.165) is 28.8 Å². The molecule has 0 N–H and O–H groups in total. The molecule has 0 fully saturated rings. The van der Waals surface area contributed by atoms with Crippen molar-refractivity contribution in [2.75, 3.05) is 12.4 Å². The van der Waals surface area contributed by atoms with E-state index < -0.39 is 0 Å². The molecule has 0 spiro atoms. The maximum atomic E-state index is 5.66. The standard InChI is InChI=1S/C16H16N4OS/c1-3-7-14(8-4-1)20-16(17-18-19-20)13-22-12-11-21-15-9-5-2-6-10-15/h1-10H,11-13H2. The van der Waals surface area contributed by atoms with E-state index in [1.807, 2.05) is 60.7 Å². The number of para-hydroxylation sites is 2. The predicted molar refractivity (Wildman–Crippen MR) is 87.3 cm³/mol. The quantitative estimate of drug-likeness (QED) is 0.628. The fourth-order valence-corrected chi connectivity index (χ4v) is 2.67. The summed E-state index contributed by atoms with van der Waals surface area (Å²) in [6.07, 6.45) is 0. The van der Waals surface area contributed by atoms with Crippen LogP contribution in [0.1, 0.15) is 5.82 Å². The number of aromatic nitrogens is 4. The lowest BCUT2D eigenvalue weighted by Gasteiger charge is -2.06. The Bertz CT molecular complexity index is 688. The van der Waals surface area contributed by atoms with Crippen LogP contribution in [0.4, 0.5) is 0 Å². The van der Waals surface area contributed by atoms with Crippen LogP contribution in [0, 0.1) is 0 Å². The highest BCUT2D eigenvalue weighted by Gasteiger charge is 2.07. The molecule has 0 aliphatic heterocycles. The summed E-state index contributed by atoms with van der Waals surface area (Å²) in [4.78, 5) is 0. The molecule has 5 nitrogen and oxygen atoms in total. The minimum atomic E-state index is 0.668. The summed E-state index contributed by atoms with van der Waals surface area (Å²) in [5, 5.41) is 11.9. The predicted octanol–water partition coefficient (Wildman–Crippen LogP) is 2.97. The van der Waals surface area contributed by atoms with Crippen LogP contribution in [0.2, 0.25) is 0 Å². The molecule has 0 bridgehead atoms. The van der Waals surface area contributed by atoms with Gasteiger partial charge in [-0.15, -0.1) is 5.10 Å².